The van der Waals surface area contributed by atoms with Crippen molar-refractivity contribution in [1.82, 2.24) is 5.32 Å². The van der Waals surface area contributed by atoms with Crippen LogP contribution in [0.3, 0.4) is 0 Å². The highest BCUT2D eigenvalue weighted by Crippen LogP contribution is 2.13. The molecule has 0 spiro atoms. The second-order valence-corrected chi connectivity index (χ2v) is 5.98. The van der Waals surface area contributed by atoms with Crippen molar-refractivity contribution >= 4 is 6.09 Å². The van der Waals surface area contributed by atoms with Gasteiger partial charge in [-0.15, -0.1) is 0 Å². The van der Waals surface area contributed by atoms with E-state index in [1.807, 2.05) is 6.92 Å². The first-order chi connectivity index (χ1) is 10.7. The summed E-state index contributed by atoms with van der Waals surface area (Å²) < 4.78 is 10.5. The molecule has 0 aromatic carbocycles. The maximum Gasteiger partial charge on any atom is 0.407 e. The smallest absolute Gasteiger partial charge is 0.407 e. The van der Waals surface area contributed by atoms with E-state index in [1.54, 1.807) is 7.11 Å². The van der Waals surface area contributed by atoms with Gasteiger partial charge in [-0.3, -0.25) is 0 Å². The number of alkyl carbamates (subject to hydrolysis) is 1. The molecule has 1 N–H and O–H groups in total. The van der Waals surface area contributed by atoms with Crippen LogP contribution in [0.1, 0.15) is 84.5 Å². The van der Waals surface area contributed by atoms with E-state index in [4.69, 9.17) is 9.47 Å². The van der Waals surface area contributed by atoms with Crippen molar-refractivity contribution < 1.29 is 14.3 Å². The van der Waals surface area contributed by atoms with Gasteiger partial charge < -0.3 is 14.8 Å². The van der Waals surface area contributed by atoms with Crippen molar-refractivity contribution in [1.29, 1.82) is 0 Å². The van der Waals surface area contributed by atoms with E-state index >= 15 is 0 Å². The number of carbonyl (C=O) groups is 1. The Labute approximate surface area is 137 Å². The third-order valence-corrected chi connectivity index (χ3v) is 3.83. The zero-order valence-electron chi connectivity index (χ0n) is 15.0. The Morgan fingerprint density at radius 2 is 1.45 bits per heavy atom. The molecule has 0 heterocycles. The summed E-state index contributed by atoms with van der Waals surface area (Å²) in [5.41, 5.74) is 0. The summed E-state index contributed by atoms with van der Waals surface area (Å²) in [7, 11) is 1.65. The number of ether oxygens (including phenoxy) is 2. The second kappa shape index (κ2) is 16.6. The zero-order chi connectivity index (χ0) is 16.5. The molecule has 0 aliphatic rings. The van der Waals surface area contributed by atoms with Gasteiger partial charge in [0.15, 0.2) is 0 Å². The number of rotatable bonds is 15. The Balaban J connectivity index is 3.49. The number of hydrogen-bond acceptors (Lipinski definition) is 3. The molecule has 0 rings (SSSR count). The van der Waals surface area contributed by atoms with Gasteiger partial charge in [-0.2, -0.15) is 0 Å². The number of methoxy groups -OCH3 is 1. The topological polar surface area (TPSA) is 47.6 Å². The molecular weight excluding hydrogens is 278 g/mol. The molecule has 0 saturated heterocycles. The second-order valence-electron chi connectivity index (χ2n) is 5.98. The van der Waals surface area contributed by atoms with Crippen LogP contribution in [0.4, 0.5) is 4.79 Å². The number of nitrogens with one attached hydrogen (secondary N) is 1. The van der Waals surface area contributed by atoms with Gasteiger partial charge in [0.05, 0.1) is 6.61 Å². The van der Waals surface area contributed by atoms with Crippen molar-refractivity contribution in [3.8, 4) is 0 Å². The lowest BCUT2D eigenvalue weighted by atomic mass is 10.0. The van der Waals surface area contributed by atoms with E-state index in [1.165, 1.54) is 57.8 Å². The van der Waals surface area contributed by atoms with Crippen molar-refractivity contribution in [2.75, 3.05) is 20.3 Å². The van der Waals surface area contributed by atoms with Crippen LogP contribution >= 0.6 is 0 Å². The average Bonchev–Trinajstić information content (AvgIpc) is 2.49. The molecule has 0 fully saturated rings. The molecule has 0 aliphatic heterocycles. The predicted molar refractivity (Wildman–Crippen MR) is 92.3 cm³/mol. The molecule has 4 heteroatoms. The molecule has 0 aromatic heterocycles. The largest absolute Gasteiger partial charge is 0.444 e. The van der Waals surface area contributed by atoms with E-state index in [2.05, 4.69) is 12.2 Å². The fourth-order valence-electron chi connectivity index (χ4n) is 2.56. The normalized spacial score (nSPS) is 12.1. The highest BCUT2D eigenvalue weighted by Gasteiger charge is 2.13. The van der Waals surface area contributed by atoms with Gasteiger partial charge >= 0.3 is 6.09 Å². The summed E-state index contributed by atoms with van der Waals surface area (Å²) >= 11 is 0. The van der Waals surface area contributed by atoms with E-state index < -0.39 is 0 Å². The van der Waals surface area contributed by atoms with Crippen LogP contribution in [0, 0.1) is 0 Å². The molecule has 0 saturated carbocycles. The van der Waals surface area contributed by atoms with Gasteiger partial charge in [0, 0.05) is 13.7 Å². The van der Waals surface area contributed by atoms with Crippen LogP contribution in [0.25, 0.3) is 0 Å². The number of amides is 1. The molecule has 0 aliphatic carbocycles. The molecule has 4 nitrogen and oxygen atoms in total. The highest BCUT2D eigenvalue weighted by molar-refractivity contribution is 5.67. The summed E-state index contributed by atoms with van der Waals surface area (Å²) in [5, 5.41) is 2.66. The Hall–Kier alpha value is -0.770. The molecule has 1 unspecified atom stereocenters. The molecule has 0 aromatic rings. The highest BCUT2D eigenvalue weighted by atomic mass is 16.6. The lowest BCUT2D eigenvalue weighted by Gasteiger charge is -2.17. The van der Waals surface area contributed by atoms with Gasteiger partial charge in [-0.05, 0) is 19.8 Å². The standard InChI is InChI=1S/C18H37NO3/c1-4-6-7-8-9-10-11-12-13-14-15-17(16-21-3)22-18(20)19-5-2/h17H,4-16H2,1-3H3,(H,19,20). The van der Waals surface area contributed by atoms with E-state index in [0.717, 1.165) is 12.8 Å². The molecule has 1 atom stereocenters. The van der Waals surface area contributed by atoms with Crippen molar-refractivity contribution in [2.45, 2.75) is 90.6 Å². The molecule has 22 heavy (non-hydrogen) atoms. The number of unbranched alkanes of at least 4 members (excludes halogenated alkanes) is 9. The average molecular weight is 315 g/mol. The lowest BCUT2D eigenvalue weighted by molar-refractivity contribution is 0.0337. The molecule has 132 valence electrons. The third-order valence-electron chi connectivity index (χ3n) is 3.83. The predicted octanol–water partition coefficient (Wildman–Crippen LogP) is 5.06. The van der Waals surface area contributed by atoms with Crippen LogP contribution < -0.4 is 5.32 Å². The number of hydrogen-bond donors (Lipinski definition) is 1. The molecule has 1 amide bonds. The molecular formula is C18H37NO3. The Bertz CT molecular complexity index is 246. The SMILES string of the molecule is CCCCCCCCCCCCC(COC)OC(=O)NCC. The van der Waals surface area contributed by atoms with Crippen molar-refractivity contribution in [3.63, 3.8) is 0 Å². The van der Waals surface area contributed by atoms with E-state index in [9.17, 15) is 4.79 Å². The van der Waals surface area contributed by atoms with Crippen LogP contribution in [-0.2, 0) is 9.47 Å². The van der Waals surface area contributed by atoms with E-state index in [0.29, 0.717) is 13.2 Å². The Morgan fingerprint density at radius 3 is 1.95 bits per heavy atom. The van der Waals surface area contributed by atoms with Crippen LogP contribution in [0.2, 0.25) is 0 Å². The maximum atomic E-state index is 11.4. The first kappa shape index (κ1) is 21.2. The molecule has 0 radical (unpaired) electrons. The summed E-state index contributed by atoms with van der Waals surface area (Å²) in [5.74, 6) is 0. The fraction of sp³-hybridized carbons (Fsp3) is 0.944. The van der Waals surface area contributed by atoms with Gasteiger partial charge in [0.2, 0.25) is 0 Å². The summed E-state index contributed by atoms with van der Waals surface area (Å²) in [4.78, 5) is 11.4. The van der Waals surface area contributed by atoms with Crippen molar-refractivity contribution in [2.24, 2.45) is 0 Å². The van der Waals surface area contributed by atoms with Gasteiger partial charge in [-0.1, -0.05) is 64.7 Å². The van der Waals surface area contributed by atoms with Gasteiger partial charge in [0.1, 0.15) is 6.10 Å². The minimum absolute atomic E-state index is 0.120. The van der Waals surface area contributed by atoms with Crippen molar-refractivity contribution in [3.05, 3.63) is 0 Å². The minimum Gasteiger partial charge on any atom is -0.444 e. The maximum absolute atomic E-state index is 11.4. The van der Waals surface area contributed by atoms with Gasteiger partial charge in [-0.25, -0.2) is 4.79 Å². The Kier molecular flexibility index (Phi) is 16.0. The minimum atomic E-state index is -0.336. The first-order valence-electron chi connectivity index (χ1n) is 9.18. The summed E-state index contributed by atoms with van der Waals surface area (Å²) in [6, 6.07) is 0. The molecule has 0 bridgehead atoms. The summed E-state index contributed by atoms with van der Waals surface area (Å²) in [6.45, 7) is 5.21. The monoisotopic (exact) mass is 315 g/mol. The van der Waals surface area contributed by atoms with Gasteiger partial charge in [0.25, 0.3) is 0 Å². The van der Waals surface area contributed by atoms with Crippen LogP contribution in [-0.4, -0.2) is 32.5 Å². The van der Waals surface area contributed by atoms with Crippen LogP contribution in [0.5, 0.6) is 0 Å². The fourth-order valence-corrected chi connectivity index (χ4v) is 2.56. The van der Waals surface area contributed by atoms with Crippen LogP contribution in [0.15, 0.2) is 0 Å². The number of carbonyl (C=O) groups excluding carboxylic acids is 1. The lowest BCUT2D eigenvalue weighted by Crippen LogP contribution is -2.31. The zero-order valence-corrected chi connectivity index (χ0v) is 15.0. The van der Waals surface area contributed by atoms with E-state index in [-0.39, 0.29) is 12.2 Å². The third kappa shape index (κ3) is 14.2. The Morgan fingerprint density at radius 1 is 0.909 bits per heavy atom. The quantitative estimate of drug-likeness (QED) is 0.430. The summed E-state index contributed by atoms with van der Waals surface area (Å²) in [6.07, 6.45) is 13.6. The first-order valence-corrected chi connectivity index (χ1v) is 9.18.